The van der Waals surface area contributed by atoms with Gasteiger partial charge in [-0.15, -0.1) is 0 Å². The van der Waals surface area contributed by atoms with Crippen LogP contribution in [0.1, 0.15) is 271 Å². The van der Waals surface area contributed by atoms with Crippen molar-refractivity contribution >= 4 is 11.9 Å². The van der Waals surface area contributed by atoms with Crippen molar-refractivity contribution in [3.8, 4) is 0 Å². The number of hydrogen-bond acceptors (Lipinski definition) is 5. The molecule has 3 atom stereocenters. The third-order valence-corrected chi connectivity index (χ3v) is 12.0. The van der Waals surface area contributed by atoms with E-state index in [9.17, 15) is 19.8 Å². The second-order valence-electron chi connectivity index (χ2n) is 17.9. The number of hydrogen-bond donors (Lipinski definition) is 3. The van der Waals surface area contributed by atoms with E-state index in [-0.39, 0.29) is 24.9 Å². The third-order valence-electron chi connectivity index (χ3n) is 12.0. The largest absolute Gasteiger partial charge is 0.462 e. The van der Waals surface area contributed by atoms with Gasteiger partial charge < -0.3 is 20.3 Å². The zero-order chi connectivity index (χ0) is 43.8. The number of ether oxygens (including phenoxy) is 1. The van der Waals surface area contributed by atoms with E-state index in [0.717, 1.165) is 83.5 Å². The summed E-state index contributed by atoms with van der Waals surface area (Å²) in [6.45, 7) is 6.38. The molecule has 0 aromatic carbocycles. The van der Waals surface area contributed by atoms with Gasteiger partial charge >= 0.3 is 5.97 Å². The third kappa shape index (κ3) is 42.8. The number of rotatable bonds is 47. The Morgan fingerprint density at radius 3 is 1.37 bits per heavy atom. The predicted molar refractivity (Wildman–Crippen MR) is 259 cm³/mol. The van der Waals surface area contributed by atoms with Crippen molar-refractivity contribution in [1.82, 2.24) is 5.32 Å². The summed E-state index contributed by atoms with van der Waals surface area (Å²) in [5.74, 6) is -0.488. The van der Waals surface area contributed by atoms with Crippen molar-refractivity contribution in [2.24, 2.45) is 0 Å². The fourth-order valence-electron chi connectivity index (χ4n) is 8.03. The standard InChI is InChI=1S/C54H101NO5/c1-4-7-10-13-16-19-22-24-26-27-28-31-33-36-39-42-45-50(60-54(59)47-44-41-38-35-32-29-25-23-20-17-14-11-8-5-2)48-53(58)55-51(49-56)52(57)46-43-40-37-34-30-21-18-15-12-9-6-3/h8,11,17,20,25,29,50-52,56-57H,4-7,9-10,12-16,18-19,21-24,26-28,30-49H2,1-3H3,(H,55,58)/b11-8+,20-17+,29-25+. The lowest BCUT2D eigenvalue weighted by atomic mass is 10.0. The maximum Gasteiger partial charge on any atom is 0.306 e. The fourth-order valence-corrected chi connectivity index (χ4v) is 8.03. The number of carbonyl (C=O) groups excluding carboxylic acids is 2. The molecule has 0 bridgehead atoms. The normalized spacial score (nSPS) is 13.5. The second-order valence-corrected chi connectivity index (χ2v) is 17.9. The first-order valence-electron chi connectivity index (χ1n) is 26.2. The van der Waals surface area contributed by atoms with Crippen LogP contribution in [0.15, 0.2) is 36.5 Å². The van der Waals surface area contributed by atoms with Crippen LogP contribution >= 0.6 is 0 Å². The summed E-state index contributed by atoms with van der Waals surface area (Å²) >= 11 is 0. The number of unbranched alkanes of at least 4 members (excludes halogenated alkanes) is 29. The van der Waals surface area contributed by atoms with Gasteiger partial charge in [0.15, 0.2) is 0 Å². The van der Waals surface area contributed by atoms with Gasteiger partial charge in [-0.25, -0.2) is 0 Å². The van der Waals surface area contributed by atoms with Crippen molar-refractivity contribution in [2.75, 3.05) is 6.61 Å². The molecule has 6 heteroatoms. The Balaban J connectivity index is 4.59. The number of amides is 1. The topological polar surface area (TPSA) is 95.9 Å². The Morgan fingerprint density at radius 1 is 0.500 bits per heavy atom. The summed E-state index contributed by atoms with van der Waals surface area (Å²) in [4.78, 5) is 26.1. The Bertz CT molecular complexity index is 993. The quantitative estimate of drug-likeness (QED) is 0.0322. The predicted octanol–water partition coefficient (Wildman–Crippen LogP) is 15.7. The van der Waals surface area contributed by atoms with E-state index in [1.54, 1.807) is 0 Å². The van der Waals surface area contributed by atoms with Crippen LogP contribution in [0.3, 0.4) is 0 Å². The lowest BCUT2D eigenvalue weighted by Gasteiger charge is -2.24. The average Bonchev–Trinajstić information content (AvgIpc) is 3.24. The number of allylic oxidation sites excluding steroid dienone is 6. The molecule has 0 aliphatic rings. The van der Waals surface area contributed by atoms with Gasteiger partial charge in [-0.2, -0.15) is 0 Å². The fraction of sp³-hybridized carbons (Fsp3) is 0.852. The Kier molecular flexibility index (Phi) is 46.6. The molecule has 3 N–H and O–H groups in total. The van der Waals surface area contributed by atoms with E-state index >= 15 is 0 Å². The smallest absolute Gasteiger partial charge is 0.306 e. The highest BCUT2D eigenvalue weighted by Crippen LogP contribution is 2.18. The minimum Gasteiger partial charge on any atom is -0.462 e. The van der Waals surface area contributed by atoms with Crippen molar-refractivity contribution in [3.05, 3.63) is 36.5 Å². The zero-order valence-corrected chi connectivity index (χ0v) is 40.1. The van der Waals surface area contributed by atoms with Crippen LogP contribution in [0.2, 0.25) is 0 Å². The summed E-state index contributed by atoms with van der Waals surface area (Å²) < 4.78 is 5.93. The average molecular weight is 844 g/mol. The van der Waals surface area contributed by atoms with E-state index in [1.165, 1.54) is 141 Å². The zero-order valence-electron chi connectivity index (χ0n) is 40.1. The highest BCUT2D eigenvalue weighted by atomic mass is 16.5. The molecule has 0 aromatic rings. The molecule has 0 rings (SSSR count). The Hall–Kier alpha value is -1.92. The van der Waals surface area contributed by atoms with Crippen molar-refractivity contribution in [3.63, 3.8) is 0 Å². The van der Waals surface area contributed by atoms with Crippen LogP contribution in [0.5, 0.6) is 0 Å². The van der Waals surface area contributed by atoms with Crippen molar-refractivity contribution in [2.45, 2.75) is 289 Å². The summed E-state index contributed by atoms with van der Waals surface area (Å²) in [5.41, 5.74) is 0. The number of carbonyl (C=O) groups is 2. The number of esters is 1. The molecule has 0 radical (unpaired) electrons. The van der Waals surface area contributed by atoms with Gasteiger partial charge in [-0.1, -0.05) is 237 Å². The Morgan fingerprint density at radius 2 is 0.900 bits per heavy atom. The molecule has 0 heterocycles. The highest BCUT2D eigenvalue weighted by Gasteiger charge is 2.24. The van der Waals surface area contributed by atoms with Crippen LogP contribution in [0.4, 0.5) is 0 Å². The van der Waals surface area contributed by atoms with Crippen molar-refractivity contribution < 1.29 is 24.5 Å². The van der Waals surface area contributed by atoms with Gasteiger partial charge in [0.05, 0.1) is 25.2 Å². The molecular weight excluding hydrogens is 743 g/mol. The van der Waals surface area contributed by atoms with E-state index in [2.05, 4.69) is 62.5 Å². The maximum atomic E-state index is 13.2. The van der Waals surface area contributed by atoms with Gasteiger partial charge in [-0.3, -0.25) is 9.59 Å². The molecule has 0 aliphatic carbocycles. The highest BCUT2D eigenvalue weighted by molar-refractivity contribution is 5.77. The molecule has 0 saturated carbocycles. The van der Waals surface area contributed by atoms with Gasteiger partial charge in [0.25, 0.3) is 0 Å². The number of nitrogens with one attached hydrogen (secondary N) is 1. The number of aliphatic hydroxyl groups excluding tert-OH is 2. The molecule has 0 aliphatic heterocycles. The summed E-state index contributed by atoms with van der Waals surface area (Å²) in [7, 11) is 0. The van der Waals surface area contributed by atoms with E-state index in [1.807, 2.05) is 0 Å². The van der Waals surface area contributed by atoms with Crippen LogP contribution in [0.25, 0.3) is 0 Å². The maximum absolute atomic E-state index is 13.2. The molecule has 0 saturated heterocycles. The first-order valence-corrected chi connectivity index (χ1v) is 26.2. The van der Waals surface area contributed by atoms with Gasteiger partial charge in [0.1, 0.15) is 6.10 Å². The van der Waals surface area contributed by atoms with Crippen LogP contribution in [-0.4, -0.2) is 46.9 Å². The number of aliphatic hydroxyl groups is 2. The van der Waals surface area contributed by atoms with Gasteiger partial charge in [0, 0.05) is 6.42 Å². The summed E-state index contributed by atoms with van der Waals surface area (Å²) in [5, 5.41) is 23.7. The van der Waals surface area contributed by atoms with Crippen LogP contribution in [-0.2, 0) is 14.3 Å². The molecule has 6 nitrogen and oxygen atoms in total. The molecule has 0 fully saturated rings. The molecule has 1 amide bonds. The van der Waals surface area contributed by atoms with Gasteiger partial charge in [-0.05, 0) is 57.8 Å². The lowest BCUT2D eigenvalue weighted by Crippen LogP contribution is -2.46. The second kappa shape index (κ2) is 48.1. The van der Waals surface area contributed by atoms with Crippen LogP contribution < -0.4 is 5.32 Å². The molecule has 352 valence electrons. The molecule has 0 spiro atoms. The Labute approximate surface area is 373 Å². The van der Waals surface area contributed by atoms with Crippen molar-refractivity contribution in [1.29, 1.82) is 0 Å². The molecule has 60 heavy (non-hydrogen) atoms. The van der Waals surface area contributed by atoms with Crippen LogP contribution in [0, 0.1) is 0 Å². The SMILES string of the molecule is CC/C=C/C/C=C/C/C=C/CCCCCCC(=O)OC(CCCCCCCCCCCCCCCCCC)CC(=O)NC(CO)C(O)CCCCCCCCCCCCC. The molecule has 0 aromatic heterocycles. The minimum atomic E-state index is -0.788. The van der Waals surface area contributed by atoms with Gasteiger partial charge in [0.2, 0.25) is 5.91 Å². The van der Waals surface area contributed by atoms with E-state index < -0.39 is 18.2 Å². The first kappa shape index (κ1) is 58.1. The first-order chi connectivity index (χ1) is 29.5. The molecular formula is C54H101NO5. The summed E-state index contributed by atoms with van der Waals surface area (Å²) in [6, 6.07) is -0.702. The monoisotopic (exact) mass is 844 g/mol. The van der Waals surface area contributed by atoms with E-state index in [0.29, 0.717) is 19.3 Å². The lowest BCUT2D eigenvalue weighted by molar-refractivity contribution is -0.151. The van der Waals surface area contributed by atoms with E-state index in [4.69, 9.17) is 4.74 Å². The minimum absolute atomic E-state index is 0.0725. The summed E-state index contributed by atoms with van der Waals surface area (Å²) in [6.07, 6.45) is 56.3. The molecule has 3 unspecified atom stereocenters.